The van der Waals surface area contributed by atoms with Crippen molar-refractivity contribution < 1.29 is 13.9 Å². The Morgan fingerprint density at radius 3 is 2.71 bits per heavy atom. The zero-order chi connectivity index (χ0) is 22.1. The van der Waals surface area contributed by atoms with Gasteiger partial charge in [-0.1, -0.05) is 61.5 Å². The maximum atomic E-state index is 14.9. The molecule has 0 bridgehead atoms. The molecule has 160 valence electrons. The summed E-state index contributed by atoms with van der Waals surface area (Å²) < 4.78 is 21.1. The van der Waals surface area contributed by atoms with Gasteiger partial charge >= 0.3 is 0 Å². The van der Waals surface area contributed by atoms with E-state index in [1.807, 2.05) is 6.07 Å². The van der Waals surface area contributed by atoms with Crippen molar-refractivity contribution in [3.05, 3.63) is 58.9 Å². The van der Waals surface area contributed by atoms with Crippen LogP contribution in [0, 0.1) is 11.7 Å². The Kier molecular flexibility index (Phi) is 6.11. The van der Waals surface area contributed by atoms with Gasteiger partial charge in [-0.15, -0.1) is 10.2 Å². The lowest BCUT2D eigenvalue weighted by atomic mass is 10.1. The second kappa shape index (κ2) is 8.80. The summed E-state index contributed by atoms with van der Waals surface area (Å²) in [6.07, 6.45) is -1.16. The first-order chi connectivity index (χ1) is 14.9. The van der Waals surface area contributed by atoms with Crippen LogP contribution < -0.4 is 9.64 Å². The highest BCUT2D eigenvalue weighted by molar-refractivity contribution is 7.99. The summed E-state index contributed by atoms with van der Waals surface area (Å²) in [6, 6.07) is 11.5. The second-order valence-electron chi connectivity index (χ2n) is 7.46. The van der Waals surface area contributed by atoms with Gasteiger partial charge in [-0.05, 0) is 24.1 Å². The SMILES string of the molecule is CC(=O)N1c2ccccc2-c2nnc(SCC(C)C)nc2O[C@H]1c1c(F)cccc1Cl. The summed E-state index contributed by atoms with van der Waals surface area (Å²) in [4.78, 5) is 18.6. The van der Waals surface area contributed by atoms with Crippen LogP contribution in [0.5, 0.6) is 5.88 Å². The van der Waals surface area contributed by atoms with Crippen molar-refractivity contribution in [3.63, 3.8) is 0 Å². The third-order valence-electron chi connectivity index (χ3n) is 4.64. The first-order valence-corrected chi connectivity index (χ1v) is 11.1. The van der Waals surface area contributed by atoms with E-state index in [9.17, 15) is 9.18 Å². The number of fused-ring (bicyclic) bond motifs is 3. The van der Waals surface area contributed by atoms with E-state index < -0.39 is 12.0 Å². The normalized spacial score (nSPS) is 15.2. The molecule has 31 heavy (non-hydrogen) atoms. The van der Waals surface area contributed by atoms with Crippen molar-refractivity contribution in [2.75, 3.05) is 10.7 Å². The van der Waals surface area contributed by atoms with Crippen LogP contribution in [0.2, 0.25) is 5.02 Å². The highest BCUT2D eigenvalue weighted by atomic mass is 35.5. The molecule has 0 saturated heterocycles. The largest absolute Gasteiger partial charge is 0.447 e. The van der Waals surface area contributed by atoms with E-state index in [2.05, 4.69) is 29.0 Å². The summed E-state index contributed by atoms with van der Waals surface area (Å²) in [7, 11) is 0. The third kappa shape index (κ3) is 4.22. The van der Waals surface area contributed by atoms with E-state index in [0.29, 0.717) is 28.0 Å². The first-order valence-electron chi connectivity index (χ1n) is 9.74. The average molecular weight is 459 g/mol. The molecular weight excluding hydrogens is 439 g/mol. The number of nitrogens with zero attached hydrogens (tertiary/aromatic N) is 4. The van der Waals surface area contributed by atoms with Gasteiger partial charge in [-0.3, -0.25) is 9.69 Å². The molecule has 2 aromatic carbocycles. The molecule has 0 radical (unpaired) electrons. The Balaban J connectivity index is 1.92. The van der Waals surface area contributed by atoms with Gasteiger partial charge in [0.2, 0.25) is 23.2 Å². The molecule has 4 rings (SSSR count). The summed E-state index contributed by atoms with van der Waals surface area (Å²) >= 11 is 7.80. The van der Waals surface area contributed by atoms with E-state index in [4.69, 9.17) is 16.3 Å². The molecule has 0 N–H and O–H groups in total. The molecule has 0 unspecified atom stereocenters. The quantitative estimate of drug-likeness (QED) is 0.479. The molecular formula is C22H20ClFN4O2S. The van der Waals surface area contributed by atoms with Gasteiger partial charge in [0.25, 0.3) is 0 Å². The maximum absolute atomic E-state index is 14.9. The Bertz CT molecular complexity index is 1120. The molecule has 1 amide bonds. The van der Waals surface area contributed by atoms with Crippen molar-refractivity contribution in [2.45, 2.75) is 32.2 Å². The first kappa shape index (κ1) is 21.5. The minimum atomic E-state index is -1.16. The molecule has 1 aliphatic heterocycles. The number of carbonyl (C=O) groups is 1. The molecule has 0 fully saturated rings. The summed E-state index contributed by atoms with van der Waals surface area (Å²) in [5.41, 5.74) is 1.56. The number of aromatic nitrogens is 3. The zero-order valence-corrected chi connectivity index (χ0v) is 18.7. The predicted octanol–water partition coefficient (Wildman–Crippen LogP) is 5.52. The summed E-state index contributed by atoms with van der Waals surface area (Å²) in [6.45, 7) is 5.58. The zero-order valence-electron chi connectivity index (χ0n) is 17.2. The molecule has 1 aromatic heterocycles. The molecule has 9 heteroatoms. The molecule has 0 spiro atoms. The minimum Gasteiger partial charge on any atom is -0.447 e. The van der Waals surface area contributed by atoms with E-state index in [-0.39, 0.29) is 22.4 Å². The Labute approximate surface area is 188 Å². The molecule has 6 nitrogen and oxygen atoms in total. The number of thioether (sulfide) groups is 1. The number of rotatable bonds is 4. The number of hydrogen-bond donors (Lipinski definition) is 0. The van der Waals surface area contributed by atoms with Gasteiger partial charge in [0.1, 0.15) is 5.82 Å². The smallest absolute Gasteiger partial charge is 0.247 e. The number of hydrogen-bond acceptors (Lipinski definition) is 6. The lowest BCUT2D eigenvalue weighted by Crippen LogP contribution is -2.36. The Hall–Kier alpha value is -2.71. The van der Waals surface area contributed by atoms with Crippen molar-refractivity contribution in [2.24, 2.45) is 5.92 Å². The maximum Gasteiger partial charge on any atom is 0.247 e. The second-order valence-corrected chi connectivity index (χ2v) is 8.86. The molecule has 0 saturated carbocycles. The number of anilines is 1. The van der Waals surface area contributed by atoms with Gasteiger partial charge in [0, 0.05) is 18.2 Å². The lowest BCUT2D eigenvalue weighted by Gasteiger charge is -2.30. The van der Waals surface area contributed by atoms with Crippen molar-refractivity contribution in [1.82, 2.24) is 15.2 Å². The molecule has 0 aliphatic carbocycles. The summed E-state index contributed by atoms with van der Waals surface area (Å²) in [5, 5.41) is 9.16. The highest BCUT2D eigenvalue weighted by Gasteiger charge is 2.37. The molecule has 2 heterocycles. The van der Waals surface area contributed by atoms with E-state index in [1.165, 1.54) is 35.7 Å². The number of carbonyl (C=O) groups excluding carboxylic acids is 1. The minimum absolute atomic E-state index is 0.0528. The summed E-state index contributed by atoms with van der Waals surface area (Å²) in [5.74, 6) is 0.487. The van der Waals surface area contributed by atoms with Crippen LogP contribution in [0.25, 0.3) is 11.3 Å². The Morgan fingerprint density at radius 1 is 1.23 bits per heavy atom. The third-order valence-corrected chi connectivity index (χ3v) is 6.24. The number of halogens is 2. The number of amides is 1. The fourth-order valence-corrected chi connectivity index (χ4v) is 4.27. The number of ether oxygens (including phenoxy) is 1. The van der Waals surface area contributed by atoms with Crippen molar-refractivity contribution in [3.8, 4) is 17.1 Å². The predicted molar refractivity (Wildman–Crippen MR) is 119 cm³/mol. The van der Waals surface area contributed by atoms with E-state index in [1.54, 1.807) is 24.3 Å². The Morgan fingerprint density at radius 2 is 2.00 bits per heavy atom. The molecule has 3 aromatic rings. The van der Waals surface area contributed by atoms with Crippen LogP contribution in [0.1, 0.15) is 32.6 Å². The fraction of sp³-hybridized carbons (Fsp3) is 0.273. The van der Waals surface area contributed by atoms with Gasteiger partial charge in [0.15, 0.2) is 5.69 Å². The van der Waals surface area contributed by atoms with Crippen LogP contribution in [-0.4, -0.2) is 26.8 Å². The van der Waals surface area contributed by atoms with E-state index >= 15 is 0 Å². The molecule has 1 atom stereocenters. The van der Waals surface area contributed by atoms with E-state index in [0.717, 1.165) is 5.75 Å². The highest BCUT2D eigenvalue weighted by Crippen LogP contribution is 2.44. The number of benzene rings is 2. The van der Waals surface area contributed by atoms with Crippen LogP contribution in [-0.2, 0) is 4.79 Å². The van der Waals surface area contributed by atoms with Gasteiger partial charge in [-0.2, -0.15) is 4.98 Å². The van der Waals surface area contributed by atoms with Crippen LogP contribution in [0.3, 0.4) is 0 Å². The van der Waals surface area contributed by atoms with Crippen molar-refractivity contribution >= 4 is 35.0 Å². The molecule has 1 aliphatic rings. The fourth-order valence-electron chi connectivity index (χ4n) is 3.29. The lowest BCUT2D eigenvalue weighted by molar-refractivity contribution is -0.118. The number of para-hydroxylation sites is 1. The van der Waals surface area contributed by atoms with Gasteiger partial charge in [-0.25, -0.2) is 4.39 Å². The van der Waals surface area contributed by atoms with Crippen LogP contribution in [0.4, 0.5) is 10.1 Å². The topological polar surface area (TPSA) is 68.2 Å². The standard InChI is InChI=1S/C22H20ClFN4O2S/c1-12(2)11-31-22-25-20-19(26-27-22)14-7-4-5-10-17(14)28(13(3)29)21(30-20)18-15(23)8-6-9-16(18)24/h4-10,12,21H,11H2,1-3H3/t21-/m0/s1. The van der Waals surface area contributed by atoms with Crippen molar-refractivity contribution in [1.29, 1.82) is 0 Å². The van der Waals surface area contributed by atoms with Crippen LogP contribution in [0.15, 0.2) is 47.6 Å². The monoisotopic (exact) mass is 458 g/mol. The van der Waals surface area contributed by atoms with Crippen LogP contribution >= 0.6 is 23.4 Å². The van der Waals surface area contributed by atoms with Gasteiger partial charge < -0.3 is 4.74 Å². The van der Waals surface area contributed by atoms with Gasteiger partial charge in [0.05, 0.1) is 16.3 Å². The average Bonchev–Trinajstić information content (AvgIpc) is 2.86.